The van der Waals surface area contributed by atoms with Crippen molar-refractivity contribution in [1.82, 2.24) is 10.6 Å². The largest absolute Gasteiger partial charge is 0.464 e. The van der Waals surface area contributed by atoms with Crippen LogP contribution >= 0.6 is 0 Å². The van der Waals surface area contributed by atoms with Crippen molar-refractivity contribution in [2.75, 3.05) is 39.4 Å². The van der Waals surface area contributed by atoms with E-state index in [9.17, 15) is 9.59 Å². The first-order chi connectivity index (χ1) is 13.2. The van der Waals surface area contributed by atoms with E-state index < -0.39 is 11.8 Å². The molecule has 0 amide bonds. The van der Waals surface area contributed by atoms with Crippen molar-refractivity contribution in [1.29, 1.82) is 0 Å². The molecule has 0 aromatic carbocycles. The van der Waals surface area contributed by atoms with Gasteiger partial charge >= 0.3 is 11.9 Å². The maximum Gasteiger partial charge on any atom is 0.310 e. The molecule has 2 aliphatic rings. The Morgan fingerprint density at radius 3 is 1.67 bits per heavy atom. The van der Waals surface area contributed by atoms with Crippen molar-refractivity contribution in [3.63, 3.8) is 0 Å². The van der Waals surface area contributed by atoms with Crippen LogP contribution in [-0.4, -0.2) is 51.3 Å². The lowest BCUT2D eigenvalue weighted by Crippen LogP contribution is -2.37. The van der Waals surface area contributed by atoms with Crippen LogP contribution in [0.15, 0.2) is 12.2 Å². The third kappa shape index (κ3) is 6.61. The first-order valence-corrected chi connectivity index (χ1v) is 10.6. The monoisotopic (exact) mass is 380 g/mol. The molecule has 1 saturated carbocycles. The van der Waals surface area contributed by atoms with Crippen molar-refractivity contribution in [3.05, 3.63) is 12.2 Å². The van der Waals surface area contributed by atoms with Gasteiger partial charge in [0.05, 0.1) is 11.8 Å². The zero-order valence-corrected chi connectivity index (χ0v) is 16.9. The van der Waals surface area contributed by atoms with E-state index in [4.69, 9.17) is 9.47 Å². The summed E-state index contributed by atoms with van der Waals surface area (Å²) in [6, 6.07) is 0. The Bertz CT molecular complexity index is 453. The lowest BCUT2D eigenvalue weighted by atomic mass is 9.83. The average molecular weight is 381 g/mol. The minimum atomic E-state index is -0.392. The summed E-state index contributed by atoms with van der Waals surface area (Å²) in [6.07, 6.45) is 9.49. The van der Waals surface area contributed by atoms with Gasteiger partial charge in [-0.1, -0.05) is 38.8 Å². The van der Waals surface area contributed by atoms with Gasteiger partial charge in [-0.2, -0.15) is 0 Å². The zero-order chi connectivity index (χ0) is 19.5. The molecule has 2 rings (SSSR count). The topological polar surface area (TPSA) is 76.7 Å². The van der Waals surface area contributed by atoms with Crippen LogP contribution < -0.4 is 10.6 Å². The fourth-order valence-electron chi connectivity index (χ4n) is 3.96. The van der Waals surface area contributed by atoms with E-state index in [-0.39, 0.29) is 23.8 Å². The SMILES string of the molecule is CCCCNCCOC(=O)C1C2C=CC(C2)C1C(=O)OCCNCCCC. The van der Waals surface area contributed by atoms with Crippen LogP contribution in [0.4, 0.5) is 0 Å². The van der Waals surface area contributed by atoms with Crippen molar-refractivity contribution in [2.45, 2.75) is 46.0 Å². The Labute approximate surface area is 163 Å². The van der Waals surface area contributed by atoms with Gasteiger partial charge < -0.3 is 20.1 Å². The highest BCUT2D eigenvalue weighted by Gasteiger charge is 2.53. The summed E-state index contributed by atoms with van der Waals surface area (Å²) in [7, 11) is 0. The van der Waals surface area contributed by atoms with Crippen LogP contribution in [0, 0.1) is 23.7 Å². The quantitative estimate of drug-likeness (QED) is 0.274. The summed E-state index contributed by atoms with van der Waals surface area (Å²) in [6.45, 7) is 8.17. The Kier molecular flexibility index (Phi) is 9.84. The molecule has 6 heteroatoms. The number of ether oxygens (including phenoxy) is 2. The van der Waals surface area contributed by atoms with Crippen molar-refractivity contribution >= 4 is 11.9 Å². The van der Waals surface area contributed by atoms with Crippen LogP contribution in [0.3, 0.4) is 0 Å². The number of fused-ring (bicyclic) bond motifs is 2. The molecule has 1 fully saturated rings. The minimum Gasteiger partial charge on any atom is -0.464 e. The van der Waals surface area contributed by atoms with Crippen molar-refractivity contribution in [2.24, 2.45) is 23.7 Å². The maximum absolute atomic E-state index is 12.6. The number of hydrogen-bond donors (Lipinski definition) is 2. The standard InChI is InChI=1S/C21H36N2O4/c1-3-5-9-22-11-13-26-20(24)18-16-7-8-17(15-16)19(18)21(25)27-14-12-23-10-6-4-2/h7-8,16-19,22-23H,3-6,9-15H2,1-2H3. The lowest BCUT2D eigenvalue weighted by molar-refractivity contribution is -0.161. The molecule has 0 aromatic heterocycles. The van der Waals surface area contributed by atoms with E-state index in [1.54, 1.807) is 0 Å². The fraction of sp³-hybridized carbons (Fsp3) is 0.810. The number of allylic oxidation sites excluding steroid dienone is 2. The van der Waals surface area contributed by atoms with Crippen LogP contribution in [-0.2, 0) is 19.1 Å². The third-order valence-corrected chi connectivity index (χ3v) is 5.46. The molecular weight excluding hydrogens is 344 g/mol. The van der Waals surface area contributed by atoms with Gasteiger partial charge in [0.1, 0.15) is 13.2 Å². The second kappa shape index (κ2) is 12.1. The highest BCUT2D eigenvalue weighted by Crippen LogP contribution is 2.48. The van der Waals surface area contributed by atoms with Gasteiger partial charge in [0.25, 0.3) is 0 Å². The molecule has 0 aromatic rings. The molecule has 2 bridgehead atoms. The molecule has 2 N–H and O–H groups in total. The molecule has 0 spiro atoms. The Balaban J connectivity index is 1.74. The minimum absolute atomic E-state index is 0.107. The molecule has 0 saturated heterocycles. The zero-order valence-electron chi connectivity index (χ0n) is 16.9. The number of carbonyl (C=O) groups excluding carboxylic acids is 2. The number of hydrogen-bond acceptors (Lipinski definition) is 6. The van der Waals surface area contributed by atoms with E-state index in [0.717, 1.165) is 45.2 Å². The molecule has 0 aliphatic heterocycles. The number of nitrogens with one attached hydrogen (secondary N) is 2. The number of carbonyl (C=O) groups is 2. The van der Waals surface area contributed by atoms with Gasteiger partial charge in [-0.25, -0.2) is 0 Å². The van der Waals surface area contributed by atoms with Gasteiger partial charge in [0.2, 0.25) is 0 Å². The molecule has 0 radical (unpaired) electrons. The summed E-state index contributed by atoms with van der Waals surface area (Å²) in [5.74, 6) is -1.08. The van der Waals surface area contributed by atoms with Crippen LogP contribution in [0.5, 0.6) is 0 Å². The number of unbranched alkanes of at least 4 members (excludes halogenated alkanes) is 2. The van der Waals surface area contributed by atoms with E-state index >= 15 is 0 Å². The van der Waals surface area contributed by atoms with Crippen LogP contribution in [0.2, 0.25) is 0 Å². The number of rotatable bonds is 14. The lowest BCUT2D eigenvalue weighted by Gasteiger charge is -2.25. The highest BCUT2D eigenvalue weighted by atomic mass is 16.5. The van der Waals surface area contributed by atoms with Gasteiger partial charge in [0, 0.05) is 13.1 Å². The molecular formula is C21H36N2O4. The summed E-state index contributed by atoms with van der Waals surface area (Å²) in [4.78, 5) is 25.2. The Hall–Kier alpha value is -1.40. The summed E-state index contributed by atoms with van der Waals surface area (Å²) in [5, 5.41) is 6.52. The maximum atomic E-state index is 12.6. The second-order valence-corrected chi connectivity index (χ2v) is 7.54. The average Bonchev–Trinajstić information content (AvgIpc) is 3.28. The predicted octanol–water partition coefficient (Wildman–Crippen LogP) is 2.29. The first-order valence-electron chi connectivity index (χ1n) is 10.6. The van der Waals surface area contributed by atoms with Gasteiger partial charge in [-0.3, -0.25) is 9.59 Å². The van der Waals surface area contributed by atoms with E-state index in [0.29, 0.717) is 26.3 Å². The van der Waals surface area contributed by atoms with Crippen molar-refractivity contribution < 1.29 is 19.1 Å². The molecule has 0 heterocycles. The Morgan fingerprint density at radius 2 is 1.26 bits per heavy atom. The van der Waals surface area contributed by atoms with E-state index in [1.165, 1.54) is 0 Å². The van der Waals surface area contributed by atoms with Gasteiger partial charge in [0.15, 0.2) is 0 Å². The van der Waals surface area contributed by atoms with E-state index in [1.807, 2.05) is 0 Å². The van der Waals surface area contributed by atoms with Gasteiger partial charge in [-0.15, -0.1) is 0 Å². The van der Waals surface area contributed by atoms with Crippen molar-refractivity contribution in [3.8, 4) is 0 Å². The normalized spacial score (nSPS) is 25.7. The van der Waals surface area contributed by atoms with Crippen LogP contribution in [0.25, 0.3) is 0 Å². The highest BCUT2D eigenvalue weighted by molar-refractivity contribution is 5.84. The summed E-state index contributed by atoms with van der Waals surface area (Å²) >= 11 is 0. The smallest absolute Gasteiger partial charge is 0.310 e. The molecule has 154 valence electrons. The van der Waals surface area contributed by atoms with Gasteiger partial charge in [-0.05, 0) is 44.2 Å². The first kappa shape index (κ1) is 21.9. The summed E-state index contributed by atoms with van der Waals surface area (Å²) < 4.78 is 10.9. The molecule has 4 unspecified atom stereocenters. The third-order valence-electron chi connectivity index (χ3n) is 5.46. The number of esters is 2. The van der Waals surface area contributed by atoms with E-state index in [2.05, 4.69) is 36.6 Å². The second-order valence-electron chi connectivity index (χ2n) is 7.54. The molecule has 27 heavy (non-hydrogen) atoms. The summed E-state index contributed by atoms with van der Waals surface area (Å²) in [5.41, 5.74) is 0. The molecule has 4 atom stereocenters. The fourth-order valence-corrected chi connectivity index (χ4v) is 3.96. The molecule has 2 aliphatic carbocycles. The van der Waals surface area contributed by atoms with Crippen LogP contribution in [0.1, 0.15) is 46.0 Å². The Morgan fingerprint density at radius 1 is 0.815 bits per heavy atom. The predicted molar refractivity (Wildman–Crippen MR) is 105 cm³/mol. The molecule has 6 nitrogen and oxygen atoms in total.